The molecule has 1 atom stereocenters. The molecule has 2 aromatic rings. The van der Waals surface area contributed by atoms with Crippen molar-refractivity contribution in [1.82, 2.24) is 9.59 Å². The van der Waals surface area contributed by atoms with Crippen molar-refractivity contribution in [2.24, 2.45) is 0 Å². The van der Waals surface area contributed by atoms with E-state index in [0.29, 0.717) is 34.2 Å². The number of anilines is 1. The summed E-state index contributed by atoms with van der Waals surface area (Å²) in [7, 11) is 3.03. The number of methoxy groups -OCH3 is 2. The number of nitrogens with zero attached hydrogens (tertiary/aromatic N) is 2. The lowest BCUT2D eigenvalue weighted by Gasteiger charge is -2.14. The van der Waals surface area contributed by atoms with Crippen LogP contribution in [0, 0.1) is 0 Å². The Morgan fingerprint density at radius 3 is 2.60 bits per heavy atom. The van der Waals surface area contributed by atoms with Crippen molar-refractivity contribution in [3.63, 3.8) is 0 Å². The van der Waals surface area contributed by atoms with Crippen LogP contribution in [-0.4, -0.2) is 41.8 Å². The summed E-state index contributed by atoms with van der Waals surface area (Å²) in [4.78, 5) is 24.7. The number of aryl methyl sites for hydroxylation is 1. The van der Waals surface area contributed by atoms with Crippen molar-refractivity contribution in [3.8, 4) is 11.5 Å². The average molecular weight is 365 g/mol. The molecule has 8 nitrogen and oxygen atoms in total. The highest BCUT2D eigenvalue weighted by Crippen LogP contribution is 2.29. The summed E-state index contributed by atoms with van der Waals surface area (Å²) in [5.74, 6) is -0.0454. The molecule has 9 heteroatoms. The van der Waals surface area contributed by atoms with Crippen molar-refractivity contribution < 1.29 is 23.8 Å². The van der Waals surface area contributed by atoms with Crippen LogP contribution in [0.2, 0.25) is 0 Å². The average Bonchev–Trinajstić information content (AvgIpc) is 3.10. The molecule has 1 N–H and O–H groups in total. The molecule has 0 unspecified atom stereocenters. The molecule has 0 aliphatic rings. The van der Waals surface area contributed by atoms with E-state index >= 15 is 0 Å². The number of nitrogens with one attached hydrogen (secondary N) is 1. The van der Waals surface area contributed by atoms with Crippen LogP contribution in [0.25, 0.3) is 0 Å². The van der Waals surface area contributed by atoms with Crippen LogP contribution in [0.3, 0.4) is 0 Å². The number of rotatable bonds is 7. The van der Waals surface area contributed by atoms with E-state index in [1.807, 2.05) is 6.92 Å². The van der Waals surface area contributed by atoms with Gasteiger partial charge in [-0.25, -0.2) is 4.79 Å². The number of carbonyl (C=O) groups is 2. The number of carbonyl (C=O) groups excluding carboxylic acids is 2. The minimum Gasteiger partial charge on any atom is -0.493 e. The second kappa shape index (κ2) is 8.43. The van der Waals surface area contributed by atoms with Gasteiger partial charge in [-0.3, -0.25) is 4.79 Å². The predicted molar refractivity (Wildman–Crippen MR) is 92.3 cm³/mol. The molecule has 134 valence electrons. The number of ether oxygens (including phenoxy) is 3. The highest BCUT2D eigenvalue weighted by atomic mass is 32.1. The molecule has 0 fully saturated rings. The molecule has 0 radical (unpaired) electrons. The minimum absolute atomic E-state index is 0.313. The zero-order valence-electron chi connectivity index (χ0n) is 14.4. The Labute approximate surface area is 149 Å². The third kappa shape index (κ3) is 4.44. The summed E-state index contributed by atoms with van der Waals surface area (Å²) in [6.07, 6.45) is -0.417. The van der Waals surface area contributed by atoms with Crippen molar-refractivity contribution in [2.75, 3.05) is 19.5 Å². The van der Waals surface area contributed by atoms with Gasteiger partial charge in [-0.1, -0.05) is 11.4 Å². The first-order valence-electron chi connectivity index (χ1n) is 7.55. The Bertz CT molecular complexity index is 762. The van der Waals surface area contributed by atoms with Gasteiger partial charge in [-0.05, 0) is 37.0 Å². The van der Waals surface area contributed by atoms with Crippen LogP contribution in [0.15, 0.2) is 18.2 Å². The van der Waals surface area contributed by atoms with E-state index in [0.717, 1.165) is 11.5 Å². The van der Waals surface area contributed by atoms with E-state index in [1.165, 1.54) is 21.1 Å². The van der Waals surface area contributed by atoms with Crippen LogP contribution >= 0.6 is 11.5 Å². The Morgan fingerprint density at radius 2 is 1.96 bits per heavy atom. The van der Waals surface area contributed by atoms with Gasteiger partial charge >= 0.3 is 5.97 Å². The number of hydrogen-bond acceptors (Lipinski definition) is 8. The molecule has 0 aliphatic carbocycles. The van der Waals surface area contributed by atoms with Crippen LogP contribution < -0.4 is 14.8 Å². The first-order chi connectivity index (χ1) is 12.0. The Balaban J connectivity index is 2.02. The number of amides is 1. The molecule has 0 saturated carbocycles. The molecule has 2 rings (SSSR count). The quantitative estimate of drug-likeness (QED) is 0.752. The maximum atomic E-state index is 12.2. The highest BCUT2D eigenvalue weighted by Gasteiger charge is 2.23. The number of esters is 1. The molecular weight excluding hydrogens is 346 g/mol. The second-order valence-corrected chi connectivity index (χ2v) is 5.76. The van der Waals surface area contributed by atoms with E-state index in [1.54, 1.807) is 18.2 Å². The topological polar surface area (TPSA) is 99.6 Å². The third-order valence-corrected chi connectivity index (χ3v) is 4.13. The van der Waals surface area contributed by atoms with Crippen LogP contribution in [0.5, 0.6) is 11.5 Å². The molecule has 0 bridgehead atoms. The van der Waals surface area contributed by atoms with Gasteiger partial charge < -0.3 is 19.5 Å². The molecule has 1 aromatic heterocycles. The van der Waals surface area contributed by atoms with Gasteiger partial charge in [-0.15, -0.1) is 5.10 Å². The lowest BCUT2D eigenvalue weighted by atomic mass is 10.2. The fraction of sp³-hybridized carbons (Fsp3) is 0.375. The summed E-state index contributed by atoms with van der Waals surface area (Å²) in [5, 5.41) is 6.52. The first-order valence-corrected chi connectivity index (χ1v) is 8.32. The van der Waals surface area contributed by atoms with Gasteiger partial charge in [0, 0.05) is 11.8 Å². The second-order valence-electron chi connectivity index (χ2n) is 5.01. The first kappa shape index (κ1) is 18.7. The smallest absolute Gasteiger partial charge is 0.352 e. The number of aromatic nitrogens is 2. The lowest BCUT2D eigenvalue weighted by molar-refractivity contribution is -0.123. The zero-order valence-corrected chi connectivity index (χ0v) is 15.2. The molecule has 1 amide bonds. The normalized spacial score (nSPS) is 11.5. The summed E-state index contributed by atoms with van der Waals surface area (Å²) >= 11 is 0.951. The predicted octanol–water partition coefficient (Wildman–Crippen LogP) is 2.30. The molecule has 1 heterocycles. The molecule has 0 spiro atoms. The Kier molecular flexibility index (Phi) is 6.29. The van der Waals surface area contributed by atoms with Gasteiger partial charge in [0.1, 0.15) is 0 Å². The zero-order chi connectivity index (χ0) is 18.4. The maximum Gasteiger partial charge on any atom is 0.352 e. The summed E-state index contributed by atoms with van der Waals surface area (Å²) in [6.45, 7) is 3.36. The fourth-order valence-corrected chi connectivity index (χ4v) is 2.65. The number of benzene rings is 1. The van der Waals surface area contributed by atoms with E-state index in [2.05, 4.69) is 14.9 Å². The SMILES string of the molecule is CCc1nnsc1C(=O)O[C@@H](C)C(=O)Nc1ccc(OC)c(OC)c1. The van der Waals surface area contributed by atoms with Gasteiger partial charge in [0.25, 0.3) is 5.91 Å². The van der Waals surface area contributed by atoms with Gasteiger partial charge in [0.15, 0.2) is 22.5 Å². The standard InChI is InChI=1S/C16H19N3O5S/c1-5-11-14(25-19-18-11)16(21)24-9(2)15(20)17-10-6-7-12(22-3)13(8-10)23-4/h6-9H,5H2,1-4H3,(H,17,20)/t9-/m0/s1. The van der Waals surface area contributed by atoms with E-state index in [9.17, 15) is 9.59 Å². The summed E-state index contributed by atoms with van der Waals surface area (Å²) in [5.41, 5.74) is 1.06. The van der Waals surface area contributed by atoms with Crippen LogP contribution in [0.1, 0.15) is 29.2 Å². The largest absolute Gasteiger partial charge is 0.493 e. The van der Waals surface area contributed by atoms with Crippen LogP contribution in [-0.2, 0) is 16.0 Å². The van der Waals surface area contributed by atoms with Gasteiger partial charge in [0.05, 0.1) is 19.9 Å². The van der Waals surface area contributed by atoms with Crippen molar-refractivity contribution in [1.29, 1.82) is 0 Å². The van der Waals surface area contributed by atoms with Crippen molar-refractivity contribution in [3.05, 3.63) is 28.8 Å². The Morgan fingerprint density at radius 1 is 1.24 bits per heavy atom. The molecule has 0 aliphatic heterocycles. The fourth-order valence-electron chi connectivity index (χ4n) is 2.02. The molecule has 25 heavy (non-hydrogen) atoms. The summed E-state index contributed by atoms with van der Waals surface area (Å²) in [6, 6.07) is 4.95. The molecular formula is C16H19N3O5S. The lowest BCUT2D eigenvalue weighted by Crippen LogP contribution is -2.30. The van der Waals surface area contributed by atoms with Gasteiger partial charge in [0.2, 0.25) is 0 Å². The Hall–Kier alpha value is -2.68. The number of hydrogen-bond donors (Lipinski definition) is 1. The van der Waals surface area contributed by atoms with Crippen LogP contribution in [0.4, 0.5) is 5.69 Å². The molecule has 1 aromatic carbocycles. The maximum absolute atomic E-state index is 12.2. The van der Waals surface area contributed by atoms with Crippen molar-refractivity contribution in [2.45, 2.75) is 26.4 Å². The van der Waals surface area contributed by atoms with Gasteiger partial charge in [-0.2, -0.15) is 0 Å². The van der Waals surface area contributed by atoms with Crippen molar-refractivity contribution >= 4 is 29.1 Å². The monoisotopic (exact) mass is 365 g/mol. The third-order valence-electron chi connectivity index (χ3n) is 3.38. The molecule has 0 saturated heterocycles. The highest BCUT2D eigenvalue weighted by molar-refractivity contribution is 7.07. The minimum atomic E-state index is -0.979. The summed E-state index contributed by atoms with van der Waals surface area (Å²) < 4.78 is 19.3. The van der Waals surface area contributed by atoms with E-state index in [4.69, 9.17) is 14.2 Å². The van der Waals surface area contributed by atoms with E-state index < -0.39 is 18.0 Å². The van der Waals surface area contributed by atoms with E-state index in [-0.39, 0.29) is 0 Å².